The van der Waals surface area contributed by atoms with Crippen molar-refractivity contribution in [2.75, 3.05) is 31.7 Å². The first-order valence-corrected chi connectivity index (χ1v) is 5.23. The highest BCUT2D eigenvalue weighted by molar-refractivity contribution is 6.30. The van der Waals surface area contributed by atoms with Gasteiger partial charge >= 0.3 is 0 Å². The fraction of sp³-hybridized carbons (Fsp3) is 0.400. The van der Waals surface area contributed by atoms with Gasteiger partial charge in [0.1, 0.15) is 5.82 Å². The number of nitrogens with zero attached hydrogens (tertiary/aromatic N) is 2. The zero-order valence-corrected chi connectivity index (χ0v) is 10.1. The van der Waals surface area contributed by atoms with E-state index < -0.39 is 0 Å². The van der Waals surface area contributed by atoms with Crippen molar-refractivity contribution >= 4 is 29.0 Å². The zero-order valence-electron chi connectivity index (χ0n) is 9.33. The maximum atomic E-state index is 11.3. The molecule has 0 saturated carbocycles. The van der Waals surface area contributed by atoms with Crippen molar-refractivity contribution in [3.8, 4) is 0 Å². The molecule has 88 valence electrons. The van der Waals surface area contributed by atoms with Crippen molar-refractivity contribution < 1.29 is 4.79 Å². The summed E-state index contributed by atoms with van der Waals surface area (Å²) in [7, 11) is 3.44. The Kier molecular flexibility index (Phi) is 4.37. The second-order valence-electron chi connectivity index (χ2n) is 3.56. The van der Waals surface area contributed by atoms with Gasteiger partial charge in [0.15, 0.2) is 0 Å². The molecule has 3 N–H and O–H groups in total. The largest absolute Gasteiger partial charge is 0.396 e. The first kappa shape index (κ1) is 12.6. The number of aromatic nitrogens is 1. The number of hydrogen-bond acceptors (Lipinski definition) is 4. The number of nitrogens with two attached hydrogens (primary N) is 1. The number of carbonyl (C=O) groups excluding carboxylic acids is 1. The third-order valence-corrected chi connectivity index (χ3v) is 2.22. The minimum Gasteiger partial charge on any atom is -0.396 e. The molecule has 1 heterocycles. The molecule has 1 amide bonds. The van der Waals surface area contributed by atoms with Crippen LogP contribution in [0.5, 0.6) is 0 Å². The van der Waals surface area contributed by atoms with E-state index in [0.717, 1.165) is 0 Å². The Bertz CT molecular complexity index is 381. The smallest absolute Gasteiger partial charge is 0.223 e. The quantitative estimate of drug-likeness (QED) is 0.833. The lowest BCUT2D eigenvalue weighted by Crippen LogP contribution is -2.24. The maximum absolute atomic E-state index is 11.3. The molecular weight excluding hydrogens is 228 g/mol. The van der Waals surface area contributed by atoms with Crippen molar-refractivity contribution in [3.05, 3.63) is 17.3 Å². The minimum absolute atomic E-state index is 0.0556. The van der Waals surface area contributed by atoms with Gasteiger partial charge in [0.05, 0.1) is 10.7 Å². The highest BCUT2D eigenvalue weighted by atomic mass is 35.5. The molecular formula is C10H15ClN4O. The van der Waals surface area contributed by atoms with Crippen molar-refractivity contribution in [3.63, 3.8) is 0 Å². The summed E-state index contributed by atoms with van der Waals surface area (Å²) in [6.45, 7) is 0.496. The lowest BCUT2D eigenvalue weighted by atomic mass is 10.3. The third kappa shape index (κ3) is 3.58. The highest BCUT2D eigenvalue weighted by Crippen LogP contribution is 2.18. The summed E-state index contributed by atoms with van der Waals surface area (Å²) in [6, 6.07) is 1.62. The van der Waals surface area contributed by atoms with Crippen LogP contribution in [0.2, 0.25) is 5.02 Å². The summed E-state index contributed by atoms with van der Waals surface area (Å²) in [6.07, 6.45) is 1.91. The Morgan fingerprint density at radius 2 is 2.31 bits per heavy atom. The van der Waals surface area contributed by atoms with E-state index >= 15 is 0 Å². The first-order valence-electron chi connectivity index (χ1n) is 4.85. The van der Waals surface area contributed by atoms with Gasteiger partial charge in [-0.25, -0.2) is 4.98 Å². The lowest BCUT2D eigenvalue weighted by molar-refractivity contribution is -0.128. The normalized spacial score (nSPS) is 9.94. The summed E-state index contributed by atoms with van der Waals surface area (Å²) in [5, 5.41) is 3.48. The van der Waals surface area contributed by atoms with Gasteiger partial charge in [-0.15, -0.1) is 0 Å². The molecule has 0 aromatic carbocycles. The number of anilines is 2. The molecule has 0 aliphatic carbocycles. The molecule has 0 spiro atoms. The molecule has 1 aromatic heterocycles. The molecule has 0 bridgehead atoms. The second kappa shape index (κ2) is 5.55. The summed E-state index contributed by atoms with van der Waals surface area (Å²) < 4.78 is 0. The third-order valence-electron chi connectivity index (χ3n) is 2.01. The molecule has 1 aromatic rings. The van der Waals surface area contributed by atoms with Crippen LogP contribution in [0.25, 0.3) is 0 Å². The summed E-state index contributed by atoms with van der Waals surface area (Å²) in [5.74, 6) is 0.607. The maximum Gasteiger partial charge on any atom is 0.223 e. The zero-order chi connectivity index (χ0) is 12.1. The molecule has 16 heavy (non-hydrogen) atoms. The predicted octanol–water partition coefficient (Wildman–Crippen LogP) is 1.21. The molecule has 0 atom stereocenters. The van der Waals surface area contributed by atoms with E-state index in [1.807, 2.05) is 0 Å². The number of halogens is 1. The lowest BCUT2D eigenvalue weighted by Gasteiger charge is -2.11. The molecule has 0 saturated heterocycles. The molecule has 0 aliphatic heterocycles. The van der Waals surface area contributed by atoms with Gasteiger partial charge in [-0.05, 0) is 6.07 Å². The average Bonchev–Trinajstić information content (AvgIpc) is 2.20. The van der Waals surface area contributed by atoms with Crippen LogP contribution in [-0.2, 0) is 4.79 Å². The summed E-state index contributed by atoms with van der Waals surface area (Å²) >= 11 is 5.71. The minimum atomic E-state index is 0.0556. The second-order valence-corrected chi connectivity index (χ2v) is 3.99. The van der Waals surface area contributed by atoms with Crippen LogP contribution in [0.15, 0.2) is 12.3 Å². The number of nitrogen functional groups attached to an aromatic ring is 1. The Morgan fingerprint density at radius 1 is 1.62 bits per heavy atom. The van der Waals surface area contributed by atoms with Crippen molar-refractivity contribution in [1.82, 2.24) is 9.88 Å². The summed E-state index contributed by atoms with van der Waals surface area (Å²) in [5.41, 5.74) is 6.17. The van der Waals surface area contributed by atoms with Gasteiger partial charge in [-0.3, -0.25) is 4.79 Å². The van der Waals surface area contributed by atoms with Crippen molar-refractivity contribution in [1.29, 1.82) is 0 Å². The van der Waals surface area contributed by atoms with Gasteiger partial charge in [0.2, 0.25) is 5.91 Å². The van der Waals surface area contributed by atoms with E-state index in [9.17, 15) is 4.79 Å². The Labute approximate surface area is 99.6 Å². The molecule has 5 nitrogen and oxygen atoms in total. The Balaban J connectivity index is 2.46. The van der Waals surface area contributed by atoms with Gasteiger partial charge < -0.3 is 16.0 Å². The first-order chi connectivity index (χ1) is 7.50. The van der Waals surface area contributed by atoms with Crippen LogP contribution in [0.4, 0.5) is 11.5 Å². The number of carbonyl (C=O) groups is 1. The fourth-order valence-corrected chi connectivity index (χ4v) is 1.28. The van der Waals surface area contributed by atoms with Crippen LogP contribution in [-0.4, -0.2) is 36.4 Å². The highest BCUT2D eigenvalue weighted by Gasteiger charge is 2.05. The average molecular weight is 243 g/mol. The number of rotatable bonds is 4. The molecule has 0 unspecified atom stereocenters. The molecule has 0 aliphatic rings. The predicted molar refractivity (Wildman–Crippen MR) is 65.5 cm³/mol. The Hall–Kier alpha value is -1.49. The topological polar surface area (TPSA) is 71.2 Å². The van der Waals surface area contributed by atoms with Gasteiger partial charge in [0.25, 0.3) is 0 Å². The number of amides is 1. The van der Waals surface area contributed by atoms with Gasteiger partial charge in [-0.2, -0.15) is 0 Å². The monoisotopic (exact) mass is 242 g/mol. The molecule has 0 radical (unpaired) electrons. The summed E-state index contributed by atoms with van der Waals surface area (Å²) in [4.78, 5) is 16.9. The SMILES string of the molecule is CN(C)C(=O)CCNc1ncc(Cl)cc1N. The molecule has 6 heteroatoms. The number of hydrogen-bond donors (Lipinski definition) is 2. The van der Waals surface area contributed by atoms with Crippen LogP contribution >= 0.6 is 11.6 Å². The van der Waals surface area contributed by atoms with E-state index in [1.165, 1.54) is 6.20 Å². The molecule has 1 rings (SSSR count). The number of pyridine rings is 1. The van der Waals surface area contributed by atoms with E-state index in [2.05, 4.69) is 10.3 Å². The van der Waals surface area contributed by atoms with Crippen LogP contribution in [0.1, 0.15) is 6.42 Å². The van der Waals surface area contributed by atoms with Crippen LogP contribution in [0.3, 0.4) is 0 Å². The van der Waals surface area contributed by atoms with Crippen LogP contribution < -0.4 is 11.1 Å². The van der Waals surface area contributed by atoms with Crippen molar-refractivity contribution in [2.45, 2.75) is 6.42 Å². The van der Waals surface area contributed by atoms with E-state index in [1.54, 1.807) is 25.1 Å². The standard InChI is InChI=1S/C10H15ClN4O/c1-15(2)9(16)3-4-13-10-8(12)5-7(11)6-14-10/h5-6H,3-4,12H2,1-2H3,(H,13,14). The Morgan fingerprint density at radius 3 is 2.88 bits per heavy atom. The van der Waals surface area contributed by atoms with Gasteiger partial charge in [-0.1, -0.05) is 11.6 Å². The van der Waals surface area contributed by atoms with Crippen LogP contribution in [0, 0.1) is 0 Å². The number of nitrogens with one attached hydrogen (secondary N) is 1. The van der Waals surface area contributed by atoms with E-state index in [4.69, 9.17) is 17.3 Å². The van der Waals surface area contributed by atoms with E-state index in [-0.39, 0.29) is 5.91 Å². The van der Waals surface area contributed by atoms with E-state index in [0.29, 0.717) is 29.5 Å². The van der Waals surface area contributed by atoms with Crippen molar-refractivity contribution in [2.24, 2.45) is 0 Å². The molecule has 0 fully saturated rings. The van der Waals surface area contributed by atoms with Gasteiger partial charge in [0, 0.05) is 33.3 Å². The fourth-order valence-electron chi connectivity index (χ4n) is 1.11.